The molecule has 2 amide bonds. The molecule has 1 saturated carbocycles. The molecule has 1 saturated heterocycles. The molecule has 1 N–H and O–H groups in total. The molecule has 2 aliphatic rings. The van der Waals surface area contributed by atoms with E-state index in [0.29, 0.717) is 32.8 Å². The summed E-state index contributed by atoms with van der Waals surface area (Å²) in [5.74, 6) is -1.16. The first-order chi connectivity index (χ1) is 11.1. The molecule has 130 valence electrons. The van der Waals surface area contributed by atoms with Crippen LogP contribution < -0.4 is 5.32 Å². The molecule has 0 unspecified atom stereocenters. The van der Waals surface area contributed by atoms with E-state index >= 15 is 0 Å². The Labute approximate surface area is 137 Å². The Hall–Kier alpha value is -1.63. The Morgan fingerprint density at radius 3 is 2.30 bits per heavy atom. The molecule has 2 rings (SSSR count). The van der Waals surface area contributed by atoms with Crippen LogP contribution in [0.1, 0.15) is 39.5 Å². The van der Waals surface area contributed by atoms with E-state index in [1.807, 2.05) is 6.92 Å². The fourth-order valence-corrected chi connectivity index (χ4v) is 2.82. The lowest BCUT2D eigenvalue weighted by Gasteiger charge is -2.37. The van der Waals surface area contributed by atoms with Gasteiger partial charge in [0.05, 0.1) is 6.61 Å². The first kappa shape index (κ1) is 17.7. The quantitative estimate of drug-likeness (QED) is 0.555. The normalized spacial score (nSPS) is 20.0. The minimum atomic E-state index is -0.503. The molecule has 0 radical (unpaired) electrons. The highest BCUT2D eigenvalue weighted by Gasteiger charge is 2.33. The summed E-state index contributed by atoms with van der Waals surface area (Å²) in [6.07, 6.45) is 3.57. The summed E-state index contributed by atoms with van der Waals surface area (Å²) < 4.78 is 5.15. The van der Waals surface area contributed by atoms with E-state index in [0.717, 1.165) is 25.7 Å². The molecule has 23 heavy (non-hydrogen) atoms. The standard InChI is InChI=1S/C16H27N3O4/c1-3-5-13(16(22)23-4-2)18-8-10-19(11-9-18)15(21)14(20)17-12-6-7-12/h12-13H,3-11H2,1-2H3,(H,17,20)/t13-/m0/s1. The lowest BCUT2D eigenvalue weighted by atomic mass is 10.1. The van der Waals surface area contributed by atoms with Gasteiger partial charge in [0.1, 0.15) is 6.04 Å². The maximum absolute atomic E-state index is 12.1. The number of ether oxygens (including phenoxy) is 1. The topological polar surface area (TPSA) is 79.0 Å². The zero-order valence-electron chi connectivity index (χ0n) is 14.0. The van der Waals surface area contributed by atoms with Gasteiger partial charge in [-0.25, -0.2) is 0 Å². The number of esters is 1. The fourth-order valence-electron chi connectivity index (χ4n) is 2.82. The Morgan fingerprint density at radius 1 is 1.13 bits per heavy atom. The molecule has 0 aromatic heterocycles. The minimum absolute atomic E-state index is 0.186. The van der Waals surface area contributed by atoms with Gasteiger partial charge in [-0.2, -0.15) is 0 Å². The van der Waals surface area contributed by atoms with Crippen molar-refractivity contribution in [1.82, 2.24) is 15.1 Å². The number of carbonyl (C=O) groups is 3. The van der Waals surface area contributed by atoms with Gasteiger partial charge in [0.25, 0.3) is 0 Å². The van der Waals surface area contributed by atoms with Crippen LogP contribution in [0.25, 0.3) is 0 Å². The predicted octanol–water partition coefficient (Wildman–Crippen LogP) is 0.141. The molecular formula is C16H27N3O4. The molecule has 0 spiro atoms. The minimum Gasteiger partial charge on any atom is -0.465 e. The molecular weight excluding hydrogens is 298 g/mol. The Kier molecular flexibility index (Phi) is 6.38. The highest BCUT2D eigenvalue weighted by atomic mass is 16.5. The molecule has 1 heterocycles. The molecule has 0 aromatic rings. The average molecular weight is 325 g/mol. The second kappa shape index (κ2) is 8.29. The molecule has 0 bridgehead atoms. The van der Waals surface area contributed by atoms with Gasteiger partial charge in [0.2, 0.25) is 0 Å². The van der Waals surface area contributed by atoms with Crippen LogP contribution in [0.4, 0.5) is 0 Å². The van der Waals surface area contributed by atoms with Crippen LogP contribution in [-0.2, 0) is 19.1 Å². The molecule has 7 nitrogen and oxygen atoms in total. The van der Waals surface area contributed by atoms with E-state index in [1.165, 1.54) is 0 Å². The smallest absolute Gasteiger partial charge is 0.323 e. The van der Waals surface area contributed by atoms with Crippen molar-refractivity contribution in [3.63, 3.8) is 0 Å². The summed E-state index contributed by atoms with van der Waals surface area (Å²) in [6.45, 7) is 6.33. The highest BCUT2D eigenvalue weighted by molar-refractivity contribution is 6.35. The summed E-state index contributed by atoms with van der Waals surface area (Å²) in [6, 6.07) is -0.0667. The average Bonchev–Trinajstić information content (AvgIpc) is 3.36. The van der Waals surface area contributed by atoms with Gasteiger partial charge >= 0.3 is 17.8 Å². The Bertz CT molecular complexity index is 443. The third-order valence-corrected chi connectivity index (χ3v) is 4.27. The Morgan fingerprint density at radius 2 is 1.78 bits per heavy atom. The predicted molar refractivity (Wildman–Crippen MR) is 84.6 cm³/mol. The first-order valence-electron chi connectivity index (χ1n) is 8.57. The Balaban J connectivity index is 1.84. The van der Waals surface area contributed by atoms with Gasteiger partial charge < -0.3 is 15.0 Å². The number of carbonyl (C=O) groups excluding carboxylic acids is 3. The number of piperazine rings is 1. The van der Waals surface area contributed by atoms with Crippen LogP contribution in [0.15, 0.2) is 0 Å². The molecule has 1 aliphatic heterocycles. The molecule has 1 aliphatic carbocycles. The summed E-state index contributed by atoms with van der Waals surface area (Å²) in [4.78, 5) is 39.6. The lowest BCUT2D eigenvalue weighted by molar-refractivity contribution is -0.152. The number of nitrogens with one attached hydrogen (secondary N) is 1. The number of rotatable bonds is 6. The molecule has 7 heteroatoms. The van der Waals surface area contributed by atoms with Crippen LogP contribution in [0.5, 0.6) is 0 Å². The van der Waals surface area contributed by atoms with Crippen molar-refractivity contribution in [2.45, 2.75) is 51.6 Å². The van der Waals surface area contributed by atoms with E-state index in [1.54, 1.807) is 11.8 Å². The van der Waals surface area contributed by atoms with Crippen molar-refractivity contribution in [2.75, 3.05) is 32.8 Å². The largest absolute Gasteiger partial charge is 0.465 e. The van der Waals surface area contributed by atoms with Gasteiger partial charge in [0, 0.05) is 32.2 Å². The van der Waals surface area contributed by atoms with E-state index in [2.05, 4.69) is 10.2 Å². The van der Waals surface area contributed by atoms with Gasteiger partial charge in [0.15, 0.2) is 0 Å². The van der Waals surface area contributed by atoms with Gasteiger partial charge in [-0.1, -0.05) is 13.3 Å². The molecule has 1 atom stereocenters. The highest BCUT2D eigenvalue weighted by Crippen LogP contribution is 2.19. The van der Waals surface area contributed by atoms with Crippen molar-refractivity contribution in [1.29, 1.82) is 0 Å². The van der Waals surface area contributed by atoms with Gasteiger partial charge in [-0.15, -0.1) is 0 Å². The van der Waals surface area contributed by atoms with E-state index in [-0.39, 0.29) is 18.1 Å². The number of hydrogen-bond acceptors (Lipinski definition) is 5. The van der Waals surface area contributed by atoms with Crippen LogP contribution in [0.2, 0.25) is 0 Å². The maximum Gasteiger partial charge on any atom is 0.323 e. The van der Waals surface area contributed by atoms with Crippen molar-refractivity contribution in [3.8, 4) is 0 Å². The number of nitrogens with zero attached hydrogens (tertiary/aromatic N) is 2. The van der Waals surface area contributed by atoms with Crippen molar-refractivity contribution >= 4 is 17.8 Å². The van der Waals surface area contributed by atoms with E-state index in [9.17, 15) is 14.4 Å². The van der Waals surface area contributed by atoms with E-state index < -0.39 is 11.8 Å². The summed E-state index contributed by atoms with van der Waals surface area (Å²) >= 11 is 0. The van der Waals surface area contributed by atoms with E-state index in [4.69, 9.17) is 4.74 Å². The SMILES string of the molecule is CCC[C@@H](C(=O)OCC)N1CCN(C(=O)C(=O)NC2CC2)CC1. The second-order valence-electron chi connectivity index (χ2n) is 6.13. The van der Waals surface area contributed by atoms with Crippen LogP contribution >= 0.6 is 0 Å². The summed E-state index contributed by atoms with van der Waals surface area (Å²) in [5, 5.41) is 2.72. The zero-order chi connectivity index (χ0) is 16.8. The van der Waals surface area contributed by atoms with Crippen LogP contribution in [-0.4, -0.2) is 72.5 Å². The third kappa shape index (κ3) is 4.92. The van der Waals surface area contributed by atoms with Crippen molar-refractivity contribution in [3.05, 3.63) is 0 Å². The number of hydrogen-bond donors (Lipinski definition) is 1. The molecule has 2 fully saturated rings. The maximum atomic E-state index is 12.1. The summed E-state index contributed by atoms with van der Waals surface area (Å²) in [7, 11) is 0. The fraction of sp³-hybridized carbons (Fsp3) is 0.812. The summed E-state index contributed by atoms with van der Waals surface area (Å²) in [5.41, 5.74) is 0. The third-order valence-electron chi connectivity index (χ3n) is 4.27. The monoisotopic (exact) mass is 325 g/mol. The van der Waals surface area contributed by atoms with Crippen LogP contribution in [0, 0.1) is 0 Å². The van der Waals surface area contributed by atoms with Gasteiger partial charge in [-0.05, 0) is 26.2 Å². The lowest BCUT2D eigenvalue weighted by Crippen LogP contribution is -2.56. The van der Waals surface area contributed by atoms with Crippen molar-refractivity contribution in [2.24, 2.45) is 0 Å². The molecule has 0 aromatic carbocycles. The first-order valence-corrected chi connectivity index (χ1v) is 8.57. The second-order valence-corrected chi connectivity index (χ2v) is 6.13. The van der Waals surface area contributed by atoms with Crippen LogP contribution in [0.3, 0.4) is 0 Å². The van der Waals surface area contributed by atoms with Gasteiger partial charge in [-0.3, -0.25) is 19.3 Å². The number of amides is 2. The zero-order valence-corrected chi connectivity index (χ0v) is 14.0. The van der Waals surface area contributed by atoms with Crippen molar-refractivity contribution < 1.29 is 19.1 Å².